The van der Waals surface area contributed by atoms with Crippen molar-refractivity contribution in [3.05, 3.63) is 59.1 Å². The van der Waals surface area contributed by atoms with Crippen LogP contribution in [0.2, 0.25) is 5.02 Å². The van der Waals surface area contributed by atoms with E-state index in [1.807, 2.05) is 24.3 Å². The van der Waals surface area contributed by atoms with Gasteiger partial charge in [-0.2, -0.15) is 0 Å². The summed E-state index contributed by atoms with van der Waals surface area (Å²) >= 11 is 5.82. The molecule has 0 radical (unpaired) electrons. The molecule has 0 saturated heterocycles. The quantitative estimate of drug-likeness (QED) is 0.887. The lowest BCUT2D eigenvalue weighted by Crippen LogP contribution is -2.35. The first-order chi connectivity index (χ1) is 10.6. The molecule has 0 aliphatic carbocycles. The number of benzene rings is 2. The Morgan fingerprint density at radius 3 is 2.55 bits per heavy atom. The number of methoxy groups -OCH3 is 1. The van der Waals surface area contributed by atoms with Gasteiger partial charge < -0.3 is 14.8 Å². The van der Waals surface area contributed by atoms with Crippen molar-refractivity contribution in [1.29, 1.82) is 0 Å². The molecule has 4 nitrogen and oxygen atoms in total. The van der Waals surface area contributed by atoms with Gasteiger partial charge in [-0.3, -0.25) is 4.79 Å². The van der Waals surface area contributed by atoms with E-state index in [9.17, 15) is 4.79 Å². The zero-order valence-electron chi connectivity index (χ0n) is 12.5. The second-order valence-electron chi connectivity index (χ2n) is 4.78. The third kappa shape index (κ3) is 4.67. The molecule has 2 aromatic rings. The number of ether oxygens (including phenoxy) is 2. The fourth-order valence-electron chi connectivity index (χ4n) is 1.87. The van der Waals surface area contributed by atoms with Crippen molar-refractivity contribution >= 4 is 17.5 Å². The monoisotopic (exact) mass is 319 g/mol. The van der Waals surface area contributed by atoms with Gasteiger partial charge in [0, 0.05) is 17.6 Å². The number of hydrogen-bond acceptors (Lipinski definition) is 3. The normalized spacial score (nSPS) is 11.6. The van der Waals surface area contributed by atoms with Crippen molar-refractivity contribution in [2.75, 3.05) is 7.11 Å². The van der Waals surface area contributed by atoms with Crippen LogP contribution in [0, 0.1) is 0 Å². The summed E-state index contributed by atoms with van der Waals surface area (Å²) < 4.78 is 10.7. The van der Waals surface area contributed by atoms with Crippen LogP contribution < -0.4 is 14.8 Å². The lowest BCUT2D eigenvalue weighted by atomic mass is 10.2. The first-order valence-corrected chi connectivity index (χ1v) is 7.29. The van der Waals surface area contributed by atoms with Crippen LogP contribution in [0.1, 0.15) is 12.5 Å². The summed E-state index contributed by atoms with van der Waals surface area (Å²) in [6.45, 7) is 2.14. The van der Waals surface area contributed by atoms with Gasteiger partial charge in [0.25, 0.3) is 5.91 Å². The summed E-state index contributed by atoms with van der Waals surface area (Å²) in [7, 11) is 1.58. The zero-order valence-corrected chi connectivity index (χ0v) is 13.3. The lowest BCUT2D eigenvalue weighted by molar-refractivity contribution is -0.127. The Hall–Kier alpha value is -2.20. The fraction of sp³-hybridized carbons (Fsp3) is 0.235. The van der Waals surface area contributed by atoms with Gasteiger partial charge in [0.15, 0.2) is 6.10 Å². The molecule has 0 aliphatic heterocycles. The maximum Gasteiger partial charge on any atom is 0.261 e. The molecule has 1 amide bonds. The third-order valence-corrected chi connectivity index (χ3v) is 3.36. The molecular formula is C17H18ClNO3. The van der Waals surface area contributed by atoms with E-state index in [4.69, 9.17) is 21.1 Å². The smallest absolute Gasteiger partial charge is 0.261 e. The number of carbonyl (C=O) groups excluding carboxylic acids is 1. The highest BCUT2D eigenvalue weighted by Gasteiger charge is 2.14. The van der Waals surface area contributed by atoms with Gasteiger partial charge in [0.2, 0.25) is 0 Å². The molecule has 0 saturated carbocycles. The van der Waals surface area contributed by atoms with Crippen LogP contribution in [0.25, 0.3) is 0 Å². The number of amides is 1. The van der Waals surface area contributed by atoms with Crippen LogP contribution in [0.3, 0.4) is 0 Å². The van der Waals surface area contributed by atoms with E-state index >= 15 is 0 Å². The summed E-state index contributed by atoms with van der Waals surface area (Å²) in [6.07, 6.45) is -0.598. The molecule has 0 fully saturated rings. The molecule has 0 heterocycles. The van der Waals surface area contributed by atoms with Gasteiger partial charge >= 0.3 is 0 Å². The fourth-order valence-corrected chi connectivity index (χ4v) is 1.99. The van der Waals surface area contributed by atoms with Crippen LogP contribution in [0.5, 0.6) is 11.5 Å². The molecule has 116 valence electrons. The molecule has 0 bridgehead atoms. The Morgan fingerprint density at radius 2 is 1.86 bits per heavy atom. The molecule has 0 spiro atoms. The molecule has 2 rings (SSSR count). The van der Waals surface area contributed by atoms with Crippen LogP contribution in [-0.4, -0.2) is 19.1 Å². The Morgan fingerprint density at radius 1 is 1.18 bits per heavy atom. The number of halogens is 1. The van der Waals surface area contributed by atoms with Crippen LogP contribution in [0.4, 0.5) is 0 Å². The Bertz CT molecular complexity index is 628. The predicted octanol–water partition coefficient (Wildman–Crippen LogP) is 3.43. The van der Waals surface area contributed by atoms with Crippen molar-refractivity contribution in [3.8, 4) is 11.5 Å². The zero-order chi connectivity index (χ0) is 15.9. The van der Waals surface area contributed by atoms with E-state index in [1.165, 1.54) is 0 Å². The minimum atomic E-state index is -0.598. The second-order valence-corrected chi connectivity index (χ2v) is 5.22. The minimum Gasteiger partial charge on any atom is -0.497 e. The highest BCUT2D eigenvalue weighted by atomic mass is 35.5. The minimum absolute atomic E-state index is 0.183. The summed E-state index contributed by atoms with van der Waals surface area (Å²) in [5, 5.41) is 3.50. The maximum absolute atomic E-state index is 12.0. The number of hydrogen-bond donors (Lipinski definition) is 1. The molecule has 1 atom stereocenters. The van der Waals surface area contributed by atoms with Crippen molar-refractivity contribution in [2.45, 2.75) is 19.6 Å². The van der Waals surface area contributed by atoms with E-state index in [-0.39, 0.29) is 5.91 Å². The van der Waals surface area contributed by atoms with Crippen LogP contribution >= 0.6 is 11.6 Å². The highest BCUT2D eigenvalue weighted by Crippen LogP contribution is 2.20. The Balaban J connectivity index is 1.87. The Kier molecular flexibility index (Phi) is 5.67. The first kappa shape index (κ1) is 16.2. The van der Waals surface area contributed by atoms with Gasteiger partial charge in [0.05, 0.1) is 7.11 Å². The largest absolute Gasteiger partial charge is 0.497 e. The SMILES string of the molecule is COc1cccc(O[C@H](C)C(=O)NCc2ccc(Cl)cc2)c1. The average Bonchev–Trinajstić information content (AvgIpc) is 2.54. The summed E-state index contributed by atoms with van der Waals surface area (Å²) in [6, 6.07) is 14.5. The summed E-state index contributed by atoms with van der Waals surface area (Å²) in [5.74, 6) is 1.09. The van der Waals surface area contributed by atoms with Gasteiger partial charge in [-0.15, -0.1) is 0 Å². The standard InChI is InChI=1S/C17H18ClNO3/c1-12(22-16-5-3-4-15(10-16)21-2)17(20)19-11-13-6-8-14(18)9-7-13/h3-10,12H,11H2,1-2H3,(H,19,20)/t12-/m1/s1. The van der Waals surface area contributed by atoms with Gasteiger partial charge in [-0.25, -0.2) is 0 Å². The first-order valence-electron chi connectivity index (χ1n) is 6.91. The van der Waals surface area contributed by atoms with E-state index in [1.54, 1.807) is 38.3 Å². The molecular weight excluding hydrogens is 302 g/mol. The van der Waals surface area contributed by atoms with E-state index < -0.39 is 6.10 Å². The summed E-state index contributed by atoms with van der Waals surface area (Å²) in [4.78, 5) is 12.0. The van der Waals surface area contributed by atoms with Crippen molar-refractivity contribution in [2.24, 2.45) is 0 Å². The number of rotatable bonds is 6. The number of nitrogens with one attached hydrogen (secondary N) is 1. The third-order valence-electron chi connectivity index (χ3n) is 3.10. The lowest BCUT2D eigenvalue weighted by Gasteiger charge is -2.15. The maximum atomic E-state index is 12.0. The summed E-state index contributed by atoms with van der Waals surface area (Å²) in [5.41, 5.74) is 0.978. The van der Waals surface area contributed by atoms with E-state index in [0.29, 0.717) is 23.1 Å². The van der Waals surface area contributed by atoms with E-state index in [0.717, 1.165) is 5.56 Å². The molecule has 22 heavy (non-hydrogen) atoms. The second kappa shape index (κ2) is 7.71. The van der Waals surface area contributed by atoms with Crippen LogP contribution in [0.15, 0.2) is 48.5 Å². The van der Waals surface area contributed by atoms with Crippen molar-refractivity contribution < 1.29 is 14.3 Å². The van der Waals surface area contributed by atoms with Gasteiger partial charge in [-0.05, 0) is 36.8 Å². The average molecular weight is 320 g/mol. The predicted molar refractivity (Wildman–Crippen MR) is 86.4 cm³/mol. The molecule has 0 unspecified atom stereocenters. The van der Waals surface area contributed by atoms with Crippen molar-refractivity contribution in [3.63, 3.8) is 0 Å². The molecule has 0 aromatic heterocycles. The van der Waals surface area contributed by atoms with E-state index in [2.05, 4.69) is 5.32 Å². The highest BCUT2D eigenvalue weighted by molar-refractivity contribution is 6.30. The molecule has 1 N–H and O–H groups in total. The molecule has 2 aromatic carbocycles. The molecule has 0 aliphatic rings. The number of carbonyl (C=O) groups is 1. The van der Waals surface area contributed by atoms with Gasteiger partial charge in [-0.1, -0.05) is 29.8 Å². The van der Waals surface area contributed by atoms with Crippen molar-refractivity contribution in [1.82, 2.24) is 5.32 Å². The van der Waals surface area contributed by atoms with Gasteiger partial charge in [0.1, 0.15) is 11.5 Å². The van der Waals surface area contributed by atoms with Crippen LogP contribution in [-0.2, 0) is 11.3 Å². The Labute approximate surface area is 135 Å². The topological polar surface area (TPSA) is 47.6 Å². The molecule has 5 heteroatoms.